The number of aromatic carboxylic acids is 1. The Labute approximate surface area is 239 Å². The molecular formula is C31H21F5N2O5. The summed E-state index contributed by atoms with van der Waals surface area (Å²) in [6.07, 6.45) is -4.62. The molecule has 2 N–H and O–H groups in total. The molecule has 220 valence electrons. The lowest BCUT2D eigenvalue weighted by Crippen LogP contribution is -2.28. The van der Waals surface area contributed by atoms with E-state index in [0.29, 0.717) is 5.56 Å². The molecule has 1 atom stereocenters. The van der Waals surface area contributed by atoms with Crippen LogP contribution in [-0.4, -0.2) is 21.6 Å². The van der Waals surface area contributed by atoms with Gasteiger partial charge in [0.15, 0.2) is 17.2 Å². The summed E-state index contributed by atoms with van der Waals surface area (Å²) in [7, 11) is 0. The summed E-state index contributed by atoms with van der Waals surface area (Å²) in [4.78, 5) is 37.8. The van der Waals surface area contributed by atoms with Crippen LogP contribution in [0.15, 0.2) is 88.1 Å². The number of carboxylic acids is 1. The Morgan fingerprint density at radius 1 is 0.930 bits per heavy atom. The number of nitrogens with zero attached hydrogens (tertiary/aromatic N) is 1. The first-order valence-corrected chi connectivity index (χ1v) is 12.7. The molecule has 43 heavy (non-hydrogen) atoms. The van der Waals surface area contributed by atoms with Crippen LogP contribution in [0.5, 0.6) is 0 Å². The number of rotatable bonds is 7. The van der Waals surface area contributed by atoms with Gasteiger partial charge in [-0.2, -0.15) is 13.2 Å². The van der Waals surface area contributed by atoms with Gasteiger partial charge in [-0.05, 0) is 77.7 Å². The Morgan fingerprint density at radius 2 is 1.65 bits per heavy atom. The number of hydrogen-bond donors (Lipinski definition) is 2. The number of carbonyl (C=O) groups excluding carboxylic acids is 1. The third-order valence-electron chi connectivity index (χ3n) is 6.86. The van der Waals surface area contributed by atoms with Crippen LogP contribution >= 0.6 is 0 Å². The van der Waals surface area contributed by atoms with Crippen LogP contribution in [0.2, 0.25) is 0 Å². The lowest BCUT2D eigenvalue weighted by molar-refractivity contribution is -0.137. The van der Waals surface area contributed by atoms with Crippen molar-refractivity contribution in [1.29, 1.82) is 0 Å². The van der Waals surface area contributed by atoms with Crippen molar-refractivity contribution in [1.82, 2.24) is 9.88 Å². The van der Waals surface area contributed by atoms with E-state index >= 15 is 0 Å². The summed E-state index contributed by atoms with van der Waals surface area (Å²) in [5.74, 6) is -5.04. The Morgan fingerprint density at radius 3 is 2.30 bits per heavy atom. The molecule has 5 rings (SSSR count). The molecule has 12 heteroatoms. The zero-order chi connectivity index (χ0) is 31.1. The van der Waals surface area contributed by atoms with Gasteiger partial charge in [0.2, 0.25) is 0 Å². The quantitative estimate of drug-likeness (QED) is 0.201. The van der Waals surface area contributed by atoms with Crippen molar-refractivity contribution in [2.75, 3.05) is 0 Å². The molecule has 4 aromatic carbocycles. The first-order chi connectivity index (χ1) is 20.3. The van der Waals surface area contributed by atoms with Crippen LogP contribution < -0.4 is 11.1 Å². The topological polar surface area (TPSA) is 102 Å². The number of oxazole rings is 1. The predicted molar refractivity (Wildman–Crippen MR) is 146 cm³/mol. The fourth-order valence-corrected chi connectivity index (χ4v) is 4.66. The summed E-state index contributed by atoms with van der Waals surface area (Å²) in [5.41, 5.74) is -0.100. The zero-order valence-electron chi connectivity index (χ0n) is 22.2. The maximum absolute atomic E-state index is 14.1. The summed E-state index contributed by atoms with van der Waals surface area (Å²) in [6, 6.07) is 15.2. The monoisotopic (exact) mass is 596 g/mol. The number of carbonyl (C=O) groups is 2. The van der Waals surface area contributed by atoms with Gasteiger partial charge in [0.05, 0.1) is 29.3 Å². The molecule has 0 radical (unpaired) electrons. The minimum atomic E-state index is -4.62. The molecular weight excluding hydrogens is 575 g/mol. The number of fused-ring (bicyclic) bond motifs is 1. The second-order valence-electron chi connectivity index (χ2n) is 9.77. The van der Waals surface area contributed by atoms with Gasteiger partial charge in [-0.25, -0.2) is 18.4 Å². The summed E-state index contributed by atoms with van der Waals surface area (Å²) in [6.45, 7) is 1.27. The van der Waals surface area contributed by atoms with Crippen molar-refractivity contribution in [3.63, 3.8) is 0 Å². The van der Waals surface area contributed by atoms with Crippen LogP contribution in [0.3, 0.4) is 0 Å². The van der Waals surface area contributed by atoms with E-state index in [1.54, 1.807) is 6.92 Å². The van der Waals surface area contributed by atoms with Gasteiger partial charge in [0.25, 0.3) is 5.91 Å². The van der Waals surface area contributed by atoms with E-state index in [1.165, 1.54) is 54.6 Å². The van der Waals surface area contributed by atoms with E-state index in [1.807, 2.05) is 0 Å². The average molecular weight is 597 g/mol. The highest BCUT2D eigenvalue weighted by atomic mass is 19.4. The molecule has 0 spiro atoms. The molecule has 0 unspecified atom stereocenters. The molecule has 7 nitrogen and oxygen atoms in total. The highest BCUT2D eigenvalue weighted by Crippen LogP contribution is 2.32. The fraction of sp³-hybridized carbons (Fsp3) is 0.129. The molecule has 5 aromatic rings. The maximum Gasteiger partial charge on any atom is 0.420 e. The normalized spacial score (nSPS) is 12.3. The van der Waals surface area contributed by atoms with Gasteiger partial charge in [-0.3, -0.25) is 9.36 Å². The number of benzene rings is 4. The molecule has 0 aliphatic carbocycles. The second-order valence-corrected chi connectivity index (χ2v) is 9.77. The van der Waals surface area contributed by atoms with Crippen molar-refractivity contribution in [3.05, 3.63) is 129 Å². The van der Waals surface area contributed by atoms with Crippen LogP contribution in [-0.2, 0) is 12.7 Å². The smallest absolute Gasteiger partial charge is 0.420 e. The van der Waals surface area contributed by atoms with Gasteiger partial charge in [0.1, 0.15) is 5.52 Å². The Kier molecular flexibility index (Phi) is 7.61. The molecule has 1 heterocycles. The van der Waals surface area contributed by atoms with Crippen molar-refractivity contribution < 1.29 is 41.1 Å². The van der Waals surface area contributed by atoms with Gasteiger partial charge in [-0.1, -0.05) is 30.3 Å². The lowest BCUT2D eigenvalue weighted by Gasteiger charge is -2.16. The summed E-state index contributed by atoms with van der Waals surface area (Å²) in [5, 5.41) is 11.9. The number of alkyl halides is 3. The molecule has 0 aliphatic rings. The van der Waals surface area contributed by atoms with Crippen LogP contribution in [0, 0.1) is 11.6 Å². The number of amides is 1. The van der Waals surface area contributed by atoms with Crippen molar-refractivity contribution in [3.8, 4) is 11.1 Å². The Bertz CT molecular complexity index is 1930. The van der Waals surface area contributed by atoms with E-state index in [2.05, 4.69) is 5.32 Å². The van der Waals surface area contributed by atoms with Gasteiger partial charge >= 0.3 is 17.9 Å². The van der Waals surface area contributed by atoms with Gasteiger partial charge in [0, 0.05) is 0 Å². The fourth-order valence-electron chi connectivity index (χ4n) is 4.66. The minimum Gasteiger partial charge on any atom is -0.478 e. The third-order valence-corrected chi connectivity index (χ3v) is 6.86. The molecule has 0 aliphatic heterocycles. The highest BCUT2D eigenvalue weighted by Gasteiger charge is 2.30. The highest BCUT2D eigenvalue weighted by molar-refractivity contribution is 6.06. The largest absolute Gasteiger partial charge is 0.478 e. The molecule has 1 amide bonds. The van der Waals surface area contributed by atoms with Crippen molar-refractivity contribution >= 4 is 23.0 Å². The molecule has 0 saturated heterocycles. The van der Waals surface area contributed by atoms with Crippen LogP contribution in [0.25, 0.3) is 22.2 Å². The second kappa shape index (κ2) is 11.2. The standard InChI is InChI=1S/C31H21F5N2O5/c1-16(18-5-7-19(8-6-18)29(40)41)37-28(39)23-12-21(20-9-10-24(32)25(33)13-20)14-26-27(23)38(30(42)43-26)15-17-3-2-4-22(11-17)31(34,35)36/h2-14,16H,15H2,1H3,(H,37,39)(H,40,41)/t16-/m0/s1. The van der Waals surface area contributed by atoms with Gasteiger partial charge < -0.3 is 14.8 Å². The number of aromatic nitrogens is 1. The molecule has 1 aromatic heterocycles. The summed E-state index contributed by atoms with van der Waals surface area (Å²) < 4.78 is 74.0. The Balaban J connectivity index is 1.61. The van der Waals surface area contributed by atoms with Gasteiger partial charge in [-0.15, -0.1) is 0 Å². The third kappa shape index (κ3) is 6.03. The van der Waals surface area contributed by atoms with E-state index in [4.69, 9.17) is 9.52 Å². The van der Waals surface area contributed by atoms with E-state index in [-0.39, 0.29) is 45.5 Å². The number of hydrogen-bond acceptors (Lipinski definition) is 4. The maximum atomic E-state index is 14.1. The van der Waals surface area contributed by atoms with Crippen molar-refractivity contribution in [2.24, 2.45) is 0 Å². The average Bonchev–Trinajstić information content (AvgIpc) is 3.28. The summed E-state index contributed by atoms with van der Waals surface area (Å²) >= 11 is 0. The van der Waals surface area contributed by atoms with Crippen LogP contribution in [0.4, 0.5) is 22.0 Å². The molecule has 0 fully saturated rings. The molecule has 0 bridgehead atoms. The SMILES string of the molecule is C[C@H](NC(=O)c1cc(-c2ccc(F)c(F)c2)cc2oc(=O)n(Cc3cccc(C(F)(F)F)c3)c12)c1ccc(C(=O)O)cc1. The van der Waals surface area contributed by atoms with E-state index in [0.717, 1.165) is 28.8 Å². The Hall–Kier alpha value is -5.26. The van der Waals surface area contributed by atoms with Crippen molar-refractivity contribution in [2.45, 2.75) is 25.7 Å². The van der Waals surface area contributed by atoms with Crippen LogP contribution in [0.1, 0.15) is 50.4 Å². The molecule has 0 saturated carbocycles. The number of nitrogens with one attached hydrogen (secondary N) is 1. The first kappa shape index (κ1) is 29.2. The lowest BCUT2D eigenvalue weighted by atomic mass is 10.00. The number of carboxylic acid groups (broad SMARTS) is 1. The number of halogens is 5. The predicted octanol–water partition coefficient (Wildman–Crippen LogP) is 6.80. The van der Waals surface area contributed by atoms with E-state index in [9.17, 15) is 36.3 Å². The van der Waals surface area contributed by atoms with E-state index < -0.39 is 47.0 Å². The minimum absolute atomic E-state index is 0.0281. The first-order valence-electron chi connectivity index (χ1n) is 12.7. The zero-order valence-corrected chi connectivity index (χ0v) is 22.2.